The average molecular weight is 309 g/mol. The topological polar surface area (TPSA) is 92.9 Å². The molecule has 0 aliphatic carbocycles. The van der Waals surface area contributed by atoms with Gasteiger partial charge in [-0.05, 0) is 36.4 Å². The summed E-state index contributed by atoms with van der Waals surface area (Å²) in [6, 6.07) is 1.90. The molecule has 8 heteroatoms. The van der Waals surface area contributed by atoms with E-state index in [4.69, 9.17) is 5.11 Å². The monoisotopic (exact) mass is 309 g/mol. The highest BCUT2D eigenvalue weighted by Crippen LogP contribution is 2.17. The fraction of sp³-hybridized carbons (Fsp3) is 0.538. The summed E-state index contributed by atoms with van der Waals surface area (Å²) in [6.07, 6.45) is 1.25. The van der Waals surface area contributed by atoms with Gasteiger partial charge in [-0.25, -0.2) is 0 Å². The number of nitrogens with zero attached hydrogens (tertiary/aromatic N) is 4. The van der Waals surface area contributed by atoms with Gasteiger partial charge in [-0.1, -0.05) is 6.92 Å². The Kier molecular flexibility index (Phi) is 5.03. The number of tetrazole rings is 1. The second-order valence-electron chi connectivity index (χ2n) is 5.09. The van der Waals surface area contributed by atoms with Gasteiger partial charge in [-0.2, -0.15) is 16.1 Å². The Morgan fingerprint density at radius 2 is 2.38 bits per heavy atom. The van der Waals surface area contributed by atoms with Crippen LogP contribution in [0.2, 0.25) is 0 Å². The number of amides is 1. The summed E-state index contributed by atoms with van der Waals surface area (Å²) >= 11 is 1.55. The zero-order valence-corrected chi connectivity index (χ0v) is 12.9. The van der Waals surface area contributed by atoms with Crippen molar-refractivity contribution in [2.45, 2.75) is 38.8 Å². The smallest absolute Gasteiger partial charge is 0.244 e. The van der Waals surface area contributed by atoms with E-state index in [9.17, 15) is 4.79 Å². The van der Waals surface area contributed by atoms with Gasteiger partial charge in [0.2, 0.25) is 11.7 Å². The molecule has 2 rings (SSSR count). The summed E-state index contributed by atoms with van der Waals surface area (Å²) in [5.41, 5.74) is 0.480. The molecule has 0 saturated heterocycles. The first-order valence-electron chi connectivity index (χ1n) is 6.78. The number of carbonyl (C=O) groups is 1. The SMILES string of the molecule is CCC(C)(CCO)NC(=O)Cn1nnc(-c2ccsc2)n1. The summed E-state index contributed by atoms with van der Waals surface area (Å²) in [7, 11) is 0. The van der Waals surface area contributed by atoms with Crippen LogP contribution < -0.4 is 5.32 Å². The predicted octanol–water partition coefficient (Wildman–Crippen LogP) is 1.07. The molecular formula is C13H19N5O2S. The van der Waals surface area contributed by atoms with E-state index < -0.39 is 5.54 Å². The molecule has 2 aromatic rings. The summed E-state index contributed by atoms with van der Waals surface area (Å²) in [5.74, 6) is 0.319. The van der Waals surface area contributed by atoms with E-state index in [1.165, 1.54) is 4.80 Å². The maximum absolute atomic E-state index is 12.0. The number of thiophene rings is 1. The minimum atomic E-state index is -0.414. The number of aliphatic hydroxyl groups is 1. The lowest BCUT2D eigenvalue weighted by molar-refractivity contribution is -0.124. The predicted molar refractivity (Wildman–Crippen MR) is 79.7 cm³/mol. The quantitative estimate of drug-likeness (QED) is 0.798. The lowest BCUT2D eigenvalue weighted by Crippen LogP contribution is -2.47. The van der Waals surface area contributed by atoms with Crippen LogP contribution in [0.3, 0.4) is 0 Å². The maximum atomic E-state index is 12.0. The van der Waals surface area contributed by atoms with E-state index in [-0.39, 0.29) is 19.1 Å². The molecule has 0 aromatic carbocycles. The van der Waals surface area contributed by atoms with E-state index in [0.29, 0.717) is 12.2 Å². The van der Waals surface area contributed by atoms with Crippen molar-refractivity contribution in [2.24, 2.45) is 0 Å². The largest absolute Gasteiger partial charge is 0.396 e. The van der Waals surface area contributed by atoms with Gasteiger partial charge in [0, 0.05) is 23.1 Å². The summed E-state index contributed by atoms with van der Waals surface area (Å²) < 4.78 is 0. The molecule has 0 bridgehead atoms. The first-order chi connectivity index (χ1) is 10.1. The highest BCUT2D eigenvalue weighted by atomic mass is 32.1. The Labute approximate surface area is 127 Å². The highest BCUT2D eigenvalue weighted by molar-refractivity contribution is 7.08. The van der Waals surface area contributed by atoms with Crippen LogP contribution in [0.4, 0.5) is 0 Å². The van der Waals surface area contributed by atoms with Crippen LogP contribution >= 0.6 is 11.3 Å². The first kappa shape index (κ1) is 15.6. The number of hydrogen-bond donors (Lipinski definition) is 2. The Morgan fingerprint density at radius 1 is 1.57 bits per heavy atom. The van der Waals surface area contributed by atoms with Crippen molar-refractivity contribution in [3.05, 3.63) is 16.8 Å². The molecule has 0 saturated carbocycles. The molecule has 2 heterocycles. The van der Waals surface area contributed by atoms with Crippen LogP contribution in [-0.4, -0.2) is 43.4 Å². The van der Waals surface area contributed by atoms with Crippen molar-refractivity contribution in [3.8, 4) is 11.4 Å². The molecule has 0 spiro atoms. The molecule has 2 N–H and O–H groups in total. The van der Waals surface area contributed by atoms with Crippen molar-refractivity contribution >= 4 is 17.2 Å². The molecule has 1 unspecified atom stereocenters. The molecule has 114 valence electrons. The molecule has 0 fully saturated rings. The Hall–Kier alpha value is -1.80. The Morgan fingerprint density at radius 3 is 3.00 bits per heavy atom. The van der Waals surface area contributed by atoms with Gasteiger partial charge in [0.15, 0.2) is 0 Å². The second kappa shape index (κ2) is 6.77. The van der Waals surface area contributed by atoms with Crippen LogP contribution in [0.1, 0.15) is 26.7 Å². The third-order valence-electron chi connectivity index (χ3n) is 3.40. The number of carbonyl (C=O) groups excluding carboxylic acids is 1. The molecule has 1 atom stereocenters. The van der Waals surface area contributed by atoms with Crippen molar-refractivity contribution in [2.75, 3.05) is 6.61 Å². The molecule has 0 aliphatic heterocycles. The number of hydrogen-bond acceptors (Lipinski definition) is 6. The number of nitrogens with one attached hydrogen (secondary N) is 1. The third-order valence-corrected chi connectivity index (χ3v) is 4.09. The van der Waals surface area contributed by atoms with Crippen LogP contribution in [-0.2, 0) is 11.3 Å². The second-order valence-corrected chi connectivity index (χ2v) is 5.87. The van der Waals surface area contributed by atoms with E-state index in [2.05, 4.69) is 20.7 Å². The van der Waals surface area contributed by atoms with Gasteiger partial charge < -0.3 is 10.4 Å². The maximum Gasteiger partial charge on any atom is 0.244 e. The van der Waals surface area contributed by atoms with Gasteiger partial charge in [-0.15, -0.1) is 10.2 Å². The fourth-order valence-corrected chi connectivity index (χ4v) is 2.53. The summed E-state index contributed by atoms with van der Waals surface area (Å²) in [5, 5.41) is 27.8. The van der Waals surface area contributed by atoms with Crippen LogP contribution in [0.5, 0.6) is 0 Å². The van der Waals surface area contributed by atoms with Gasteiger partial charge in [0.25, 0.3) is 0 Å². The van der Waals surface area contributed by atoms with Gasteiger partial charge in [-0.3, -0.25) is 4.79 Å². The first-order valence-corrected chi connectivity index (χ1v) is 7.73. The number of aromatic nitrogens is 4. The van der Waals surface area contributed by atoms with Crippen LogP contribution in [0.25, 0.3) is 11.4 Å². The van der Waals surface area contributed by atoms with E-state index in [1.54, 1.807) is 11.3 Å². The van der Waals surface area contributed by atoms with Gasteiger partial charge >= 0.3 is 0 Å². The Bertz CT molecular complexity index is 583. The Balaban J connectivity index is 1.97. The van der Waals surface area contributed by atoms with Crippen LogP contribution in [0, 0.1) is 0 Å². The summed E-state index contributed by atoms with van der Waals surface area (Å²) in [4.78, 5) is 13.3. The van der Waals surface area contributed by atoms with E-state index in [1.807, 2.05) is 30.7 Å². The van der Waals surface area contributed by atoms with Gasteiger partial charge in [0.1, 0.15) is 6.54 Å². The lowest BCUT2D eigenvalue weighted by atomic mass is 9.95. The number of rotatable bonds is 7. The zero-order valence-electron chi connectivity index (χ0n) is 12.1. The molecule has 2 aromatic heterocycles. The normalized spacial score (nSPS) is 13.9. The molecule has 0 aliphatic rings. The van der Waals surface area contributed by atoms with Crippen LogP contribution in [0.15, 0.2) is 16.8 Å². The van der Waals surface area contributed by atoms with Crippen molar-refractivity contribution in [3.63, 3.8) is 0 Å². The molecule has 0 radical (unpaired) electrons. The fourth-order valence-electron chi connectivity index (χ4n) is 1.90. The van der Waals surface area contributed by atoms with Crippen molar-refractivity contribution < 1.29 is 9.90 Å². The highest BCUT2D eigenvalue weighted by Gasteiger charge is 2.24. The number of aliphatic hydroxyl groups excluding tert-OH is 1. The average Bonchev–Trinajstić information content (AvgIpc) is 3.09. The minimum Gasteiger partial charge on any atom is -0.396 e. The molecule has 7 nitrogen and oxygen atoms in total. The molecular weight excluding hydrogens is 290 g/mol. The molecule has 1 amide bonds. The minimum absolute atomic E-state index is 0.0121. The van der Waals surface area contributed by atoms with E-state index in [0.717, 1.165) is 12.0 Å². The van der Waals surface area contributed by atoms with E-state index >= 15 is 0 Å². The molecule has 21 heavy (non-hydrogen) atoms. The summed E-state index contributed by atoms with van der Waals surface area (Å²) in [6.45, 7) is 3.93. The van der Waals surface area contributed by atoms with Crippen molar-refractivity contribution in [1.29, 1.82) is 0 Å². The van der Waals surface area contributed by atoms with Crippen molar-refractivity contribution in [1.82, 2.24) is 25.5 Å². The third kappa shape index (κ3) is 4.08. The lowest BCUT2D eigenvalue weighted by Gasteiger charge is -2.28. The standard InChI is InChI=1S/C13H19N5O2S/c1-3-13(2,5-6-19)14-11(20)8-18-16-12(15-17-18)10-4-7-21-9-10/h4,7,9,19H,3,5-6,8H2,1-2H3,(H,14,20). The van der Waals surface area contributed by atoms with Gasteiger partial charge in [0.05, 0.1) is 0 Å². The zero-order chi connectivity index (χ0) is 15.3.